The van der Waals surface area contributed by atoms with Crippen molar-refractivity contribution in [1.82, 2.24) is 9.55 Å². The molecule has 10 heteroatoms. The molecule has 0 bridgehead atoms. The Bertz CT molecular complexity index is 646. The van der Waals surface area contributed by atoms with E-state index in [1.54, 1.807) is 0 Å². The Morgan fingerprint density at radius 2 is 2.20 bits per heavy atom. The van der Waals surface area contributed by atoms with Crippen LogP contribution in [-0.2, 0) is 4.74 Å². The Kier molecular flexibility index (Phi) is 3.53. The van der Waals surface area contributed by atoms with Gasteiger partial charge in [-0.2, -0.15) is 0 Å². The Labute approximate surface area is 115 Å². The number of ether oxygens (including phenoxy) is 1. The second-order valence-corrected chi connectivity index (χ2v) is 5.02. The molecule has 0 aromatic carbocycles. The van der Waals surface area contributed by atoms with Gasteiger partial charge in [0.05, 0.1) is 6.20 Å². The zero-order valence-corrected chi connectivity index (χ0v) is 11.0. The Hall–Kier alpha value is -1.23. The molecule has 1 aromatic rings. The van der Waals surface area contributed by atoms with E-state index in [-0.39, 0.29) is 0 Å². The summed E-state index contributed by atoms with van der Waals surface area (Å²) >= 11 is 4.48. The van der Waals surface area contributed by atoms with E-state index in [1.165, 1.54) is 0 Å². The molecular formula is C10H11F3N2O4S. The van der Waals surface area contributed by atoms with Gasteiger partial charge in [0.25, 0.3) is 5.85 Å². The van der Waals surface area contributed by atoms with Crippen molar-refractivity contribution >= 4 is 12.2 Å². The maximum absolute atomic E-state index is 14.4. The lowest BCUT2D eigenvalue weighted by atomic mass is 9.97. The highest BCUT2D eigenvalue weighted by atomic mass is 32.1. The van der Waals surface area contributed by atoms with Crippen molar-refractivity contribution in [2.75, 3.05) is 6.61 Å². The Morgan fingerprint density at radius 1 is 1.60 bits per heavy atom. The van der Waals surface area contributed by atoms with E-state index in [9.17, 15) is 23.1 Å². The third kappa shape index (κ3) is 2.08. The lowest BCUT2D eigenvalue weighted by molar-refractivity contribution is -0.207. The largest absolute Gasteiger partial charge is 0.390 e. The van der Waals surface area contributed by atoms with Gasteiger partial charge in [0.1, 0.15) is 11.2 Å². The molecule has 1 aliphatic heterocycles. The van der Waals surface area contributed by atoms with Crippen molar-refractivity contribution in [3.8, 4) is 0 Å². The third-order valence-electron chi connectivity index (χ3n) is 3.13. The number of rotatable bonds is 2. The minimum absolute atomic E-state index is 0.394. The zero-order chi connectivity index (χ0) is 15.3. The van der Waals surface area contributed by atoms with Crippen molar-refractivity contribution in [3.63, 3.8) is 0 Å². The Morgan fingerprint density at radius 3 is 2.70 bits per heavy atom. The smallest absolute Gasteiger partial charge is 0.328 e. The molecule has 20 heavy (non-hydrogen) atoms. The number of aliphatic hydroxyl groups excluding tert-OH is 2. The topological polar surface area (TPSA) is 87.5 Å². The first kappa shape index (κ1) is 15.2. The van der Waals surface area contributed by atoms with Gasteiger partial charge in [-0.05, 0) is 6.92 Å². The number of hydrogen-bond acceptors (Lipinski definition) is 5. The number of nitrogens with zero attached hydrogens (tertiary/aromatic N) is 1. The van der Waals surface area contributed by atoms with Gasteiger partial charge < -0.3 is 14.9 Å². The van der Waals surface area contributed by atoms with Gasteiger partial charge in [-0.25, -0.2) is 18.0 Å². The summed E-state index contributed by atoms with van der Waals surface area (Å²) < 4.78 is 46.2. The molecule has 1 fully saturated rings. The lowest BCUT2D eigenvalue weighted by Gasteiger charge is -2.24. The van der Waals surface area contributed by atoms with E-state index >= 15 is 0 Å². The van der Waals surface area contributed by atoms with Gasteiger partial charge in [0.15, 0.2) is 23.8 Å². The van der Waals surface area contributed by atoms with Crippen LogP contribution in [0.1, 0.15) is 13.2 Å². The molecule has 6 nitrogen and oxygen atoms in total. The van der Waals surface area contributed by atoms with E-state index in [2.05, 4.69) is 17.0 Å². The molecule has 1 aromatic heterocycles. The van der Waals surface area contributed by atoms with Crippen LogP contribution in [0, 0.1) is 10.5 Å². The van der Waals surface area contributed by atoms with Crippen molar-refractivity contribution in [1.29, 1.82) is 0 Å². The highest BCUT2D eigenvalue weighted by Gasteiger charge is 2.64. The summed E-state index contributed by atoms with van der Waals surface area (Å²) in [7, 11) is 0. The summed E-state index contributed by atoms with van der Waals surface area (Å²) in [6.07, 6.45) is -3.79. The number of halogens is 3. The first-order chi connectivity index (χ1) is 9.13. The number of aliphatic hydroxyl groups is 2. The van der Waals surface area contributed by atoms with E-state index in [0.29, 0.717) is 10.8 Å². The lowest BCUT2D eigenvalue weighted by Crippen LogP contribution is -2.46. The van der Waals surface area contributed by atoms with Crippen LogP contribution in [0.25, 0.3) is 0 Å². The second-order valence-electron chi connectivity index (χ2n) is 4.61. The fourth-order valence-electron chi connectivity index (χ4n) is 2.01. The summed E-state index contributed by atoms with van der Waals surface area (Å²) in [5, 5.41) is 18.4. The molecule has 2 heterocycles. The van der Waals surface area contributed by atoms with Crippen molar-refractivity contribution in [2.45, 2.75) is 30.8 Å². The van der Waals surface area contributed by atoms with Crippen LogP contribution in [0.2, 0.25) is 0 Å². The molecule has 1 saturated heterocycles. The molecule has 112 valence electrons. The minimum Gasteiger partial charge on any atom is -0.390 e. The maximum atomic E-state index is 14.4. The molecule has 4 atom stereocenters. The summed E-state index contributed by atoms with van der Waals surface area (Å²) in [6.45, 7) is -0.560. The van der Waals surface area contributed by atoms with E-state index in [1.807, 2.05) is 4.98 Å². The van der Waals surface area contributed by atoms with E-state index in [0.717, 1.165) is 6.92 Å². The standard InChI is InChI=1S/C10H11F3N2O4S/c1-9(12)6(17)10(13,3-16)19-7(9)15-2-4(11)5(20)14-8(15)18/h2,6-7,16-17H,3H2,1H3,(H,14,18,20)/t6?,7-,9-,10-/m1/s1. The SMILES string of the molecule is C[C@@]1(F)C(O)[C@@](F)(CO)O[C@H]1n1cc(F)c(=S)[nH]c1=O. The number of alkyl halides is 2. The highest BCUT2D eigenvalue weighted by Crippen LogP contribution is 2.46. The Balaban J connectivity index is 2.57. The molecule has 0 amide bonds. The van der Waals surface area contributed by atoms with Crippen molar-refractivity contribution < 1.29 is 28.1 Å². The summed E-state index contributed by atoms with van der Waals surface area (Å²) in [5.74, 6) is -4.15. The van der Waals surface area contributed by atoms with Gasteiger partial charge >= 0.3 is 5.69 Å². The molecule has 0 saturated carbocycles. The van der Waals surface area contributed by atoms with E-state index < -0.39 is 46.6 Å². The summed E-state index contributed by atoms with van der Waals surface area (Å²) in [5.41, 5.74) is -3.82. The monoisotopic (exact) mass is 312 g/mol. The van der Waals surface area contributed by atoms with Crippen molar-refractivity contribution in [2.24, 2.45) is 0 Å². The fourth-order valence-corrected chi connectivity index (χ4v) is 2.15. The molecule has 3 N–H and O–H groups in total. The number of nitrogens with one attached hydrogen (secondary N) is 1. The van der Waals surface area contributed by atoms with Gasteiger partial charge in [-0.3, -0.25) is 9.55 Å². The van der Waals surface area contributed by atoms with Gasteiger partial charge in [0, 0.05) is 0 Å². The highest BCUT2D eigenvalue weighted by molar-refractivity contribution is 7.71. The number of hydrogen-bond donors (Lipinski definition) is 3. The maximum Gasteiger partial charge on any atom is 0.328 e. The van der Waals surface area contributed by atoms with Crippen LogP contribution in [0.3, 0.4) is 0 Å². The number of aromatic nitrogens is 2. The molecule has 0 radical (unpaired) electrons. The van der Waals surface area contributed by atoms with Crippen LogP contribution >= 0.6 is 12.2 Å². The zero-order valence-electron chi connectivity index (χ0n) is 10.1. The van der Waals surface area contributed by atoms with Crippen LogP contribution in [0.15, 0.2) is 11.0 Å². The second kappa shape index (κ2) is 4.65. The predicted octanol–water partition coefficient (Wildman–Crippen LogP) is 0.321. The summed E-state index contributed by atoms with van der Waals surface area (Å²) in [6, 6.07) is 0. The number of H-pyrrole nitrogens is 1. The van der Waals surface area contributed by atoms with Gasteiger partial charge in [-0.1, -0.05) is 12.2 Å². The number of aromatic amines is 1. The average molecular weight is 312 g/mol. The molecule has 2 rings (SSSR count). The third-order valence-corrected chi connectivity index (χ3v) is 3.42. The average Bonchev–Trinajstić information content (AvgIpc) is 2.56. The quantitative estimate of drug-likeness (QED) is 0.685. The fraction of sp³-hybridized carbons (Fsp3) is 0.600. The minimum atomic E-state index is -3.10. The van der Waals surface area contributed by atoms with Gasteiger partial charge in [0.2, 0.25) is 0 Å². The first-order valence-electron chi connectivity index (χ1n) is 5.49. The van der Waals surface area contributed by atoms with Crippen molar-refractivity contribution in [3.05, 3.63) is 27.1 Å². The summed E-state index contributed by atoms with van der Waals surface area (Å²) in [4.78, 5) is 13.5. The molecule has 0 aliphatic carbocycles. The molecule has 1 unspecified atom stereocenters. The van der Waals surface area contributed by atoms with Crippen LogP contribution in [-0.4, -0.2) is 44.0 Å². The van der Waals surface area contributed by atoms with Crippen LogP contribution < -0.4 is 5.69 Å². The molecule has 1 aliphatic rings. The molecular weight excluding hydrogens is 301 g/mol. The predicted molar refractivity (Wildman–Crippen MR) is 62.4 cm³/mol. The van der Waals surface area contributed by atoms with E-state index in [4.69, 9.17) is 5.11 Å². The first-order valence-corrected chi connectivity index (χ1v) is 5.90. The normalized spacial score (nSPS) is 37.3. The van der Waals surface area contributed by atoms with Gasteiger partial charge in [-0.15, -0.1) is 0 Å². The molecule has 0 spiro atoms. The van der Waals surface area contributed by atoms with Crippen LogP contribution in [0.4, 0.5) is 13.2 Å². The van der Waals surface area contributed by atoms with Crippen LogP contribution in [0.5, 0.6) is 0 Å².